The lowest BCUT2D eigenvalue weighted by atomic mass is 9.69. The normalized spacial score (nSPS) is 16.3. The number of likely N-dealkylation sites (N-methyl/N-ethyl adjacent to an activating group) is 1. The highest BCUT2D eigenvalue weighted by Gasteiger charge is 2.32. The standard InChI is InChI=1S/C31H41NO4/c1-7-31(8-2,25-12-11-24(21(3)19-25)15-18-30(36)16-9-10-17-30)26-13-14-27(22(4)20-26)28(33)32(6)23(5)29(34)35/h11-15,18-20,23,36H,7-10,16-17H2,1-6H3,(H,34,35). The minimum atomic E-state index is -1.03. The van der Waals surface area contributed by atoms with E-state index in [-0.39, 0.29) is 11.3 Å². The molecular weight excluding hydrogens is 450 g/mol. The van der Waals surface area contributed by atoms with Gasteiger partial charge in [0.05, 0.1) is 5.60 Å². The van der Waals surface area contributed by atoms with Crippen LogP contribution < -0.4 is 0 Å². The predicted molar refractivity (Wildman–Crippen MR) is 145 cm³/mol. The molecule has 5 heteroatoms. The van der Waals surface area contributed by atoms with Gasteiger partial charge in [0.1, 0.15) is 6.04 Å². The SMILES string of the molecule is CCC(CC)(c1ccc(C=CC2(O)CCCC2)c(C)c1)c1ccc(C(=O)N(C)C(C)C(=O)O)c(C)c1. The van der Waals surface area contributed by atoms with Gasteiger partial charge in [0.2, 0.25) is 0 Å². The van der Waals surface area contributed by atoms with Crippen molar-refractivity contribution in [1.29, 1.82) is 0 Å². The second-order valence-corrected chi connectivity index (χ2v) is 10.5. The Hall–Kier alpha value is -2.92. The number of carbonyl (C=O) groups excluding carboxylic acids is 1. The second-order valence-electron chi connectivity index (χ2n) is 10.5. The lowest BCUT2D eigenvalue weighted by Gasteiger charge is -2.34. The molecule has 0 bridgehead atoms. The smallest absolute Gasteiger partial charge is 0.326 e. The number of aliphatic hydroxyl groups is 1. The van der Waals surface area contributed by atoms with Gasteiger partial charge in [-0.25, -0.2) is 4.79 Å². The number of hydrogen-bond donors (Lipinski definition) is 2. The van der Waals surface area contributed by atoms with Crippen LogP contribution in [0.2, 0.25) is 0 Å². The molecule has 0 aromatic heterocycles. The summed E-state index contributed by atoms with van der Waals surface area (Å²) in [5, 5.41) is 20.0. The maximum absolute atomic E-state index is 13.0. The summed E-state index contributed by atoms with van der Waals surface area (Å²) in [5.74, 6) is -1.31. The summed E-state index contributed by atoms with van der Waals surface area (Å²) in [7, 11) is 1.53. The fourth-order valence-electron chi connectivity index (χ4n) is 5.53. The summed E-state index contributed by atoms with van der Waals surface area (Å²) < 4.78 is 0. The average Bonchev–Trinajstić information content (AvgIpc) is 3.29. The quantitative estimate of drug-likeness (QED) is 0.433. The zero-order chi connectivity index (χ0) is 26.7. The molecule has 5 nitrogen and oxygen atoms in total. The largest absolute Gasteiger partial charge is 0.480 e. The Bertz CT molecular complexity index is 1140. The van der Waals surface area contributed by atoms with Crippen molar-refractivity contribution in [3.8, 4) is 0 Å². The van der Waals surface area contributed by atoms with Crippen LogP contribution in [0.1, 0.15) is 97.5 Å². The van der Waals surface area contributed by atoms with Crippen molar-refractivity contribution in [3.63, 3.8) is 0 Å². The van der Waals surface area contributed by atoms with Gasteiger partial charge >= 0.3 is 5.97 Å². The van der Waals surface area contributed by atoms with Crippen molar-refractivity contribution in [1.82, 2.24) is 4.90 Å². The monoisotopic (exact) mass is 491 g/mol. The van der Waals surface area contributed by atoms with E-state index >= 15 is 0 Å². The van der Waals surface area contributed by atoms with Crippen molar-refractivity contribution >= 4 is 18.0 Å². The molecule has 2 aromatic rings. The number of nitrogens with zero attached hydrogens (tertiary/aromatic N) is 1. The maximum atomic E-state index is 13.0. The molecule has 0 aliphatic heterocycles. The van der Waals surface area contributed by atoms with Gasteiger partial charge in [-0.2, -0.15) is 0 Å². The van der Waals surface area contributed by atoms with Crippen molar-refractivity contribution in [2.45, 2.75) is 90.2 Å². The van der Waals surface area contributed by atoms with Crippen LogP contribution in [-0.4, -0.2) is 45.7 Å². The number of carboxylic acids is 1. The Balaban J connectivity index is 1.94. The first-order valence-electron chi connectivity index (χ1n) is 13.1. The second kappa shape index (κ2) is 11.0. The van der Waals surface area contributed by atoms with Gasteiger partial charge in [0.25, 0.3) is 5.91 Å². The van der Waals surface area contributed by atoms with Crippen molar-refractivity contribution in [2.24, 2.45) is 0 Å². The molecule has 1 amide bonds. The zero-order valence-electron chi connectivity index (χ0n) is 22.6. The van der Waals surface area contributed by atoms with Crippen LogP contribution in [0.4, 0.5) is 0 Å². The van der Waals surface area contributed by atoms with Crippen molar-refractivity contribution in [3.05, 3.63) is 75.9 Å². The summed E-state index contributed by atoms with van der Waals surface area (Å²) >= 11 is 0. The van der Waals surface area contributed by atoms with Gasteiger partial charge in [-0.3, -0.25) is 4.79 Å². The van der Waals surface area contributed by atoms with Gasteiger partial charge < -0.3 is 15.1 Å². The molecule has 0 saturated heterocycles. The highest BCUT2D eigenvalue weighted by Crippen LogP contribution is 2.40. The Morgan fingerprint density at radius 2 is 1.58 bits per heavy atom. The minimum Gasteiger partial charge on any atom is -0.480 e. The Labute approximate surface area is 215 Å². The molecule has 1 fully saturated rings. The molecule has 0 spiro atoms. The van der Waals surface area contributed by atoms with Gasteiger partial charge in [-0.1, -0.05) is 69.2 Å². The number of carbonyl (C=O) groups is 2. The first-order chi connectivity index (χ1) is 17.0. The maximum Gasteiger partial charge on any atom is 0.326 e. The topological polar surface area (TPSA) is 77.8 Å². The van der Waals surface area contributed by atoms with Crippen molar-refractivity contribution < 1.29 is 19.8 Å². The molecule has 1 aliphatic carbocycles. The fourth-order valence-corrected chi connectivity index (χ4v) is 5.53. The van der Waals surface area contributed by atoms with E-state index in [9.17, 15) is 19.8 Å². The molecule has 194 valence electrons. The van der Waals surface area contributed by atoms with E-state index in [1.54, 1.807) is 0 Å². The van der Waals surface area contributed by atoms with Gasteiger partial charge in [0, 0.05) is 18.0 Å². The molecule has 2 N–H and O–H groups in total. The Morgan fingerprint density at radius 3 is 2.08 bits per heavy atom. The first kappa shape index (κ1) is 27.7. The first-order valence-corrected chi connectivity index (χ1v) is 13.1. The molecule has 0 heterocycles. The van der Waals surface area contributed by atoms with E-state index < -0.39 is 17.6 Å². The molecular formula is C31H41NO4. The number of aliphatic carboxylic acids is 1. The van der Waals surface area contributed by atoms with Crippen LogP contribution in [0.25, 0.3) is 6.08 Å². The summed E-state index contributed by atoms with van der Waals surface area (Å²) in [6, 6.07) is 11.6. The predicted octanol–water partition coefficient (Wildman–Crippen LogP) is 6.27. The van der Waals surface area contributed by atoms with Crippen LogP contribution in [0.5, 0.6) is 0 Å². The minimum absolute atomic E-state index is 0.205. The van der Waals surface area contributed by atoms with E-state index in [0.717, 1.165) is 55.2 Å². The Kier molecular flexibility index (Phi) is 8.45. The van der Waals surface area contributed by atoms with Crippen molar-refractivity contribution in [2.75, 3.05) is 7.05 Å². The van der Waals surface area contributed by atoms with E-state index in [4.69, 9.17) is 0 Å². The highest BCUT2D eigenvalue weighted by atomic mass is 16.4. The van der Waals surface area contributed by atoms with Crippen LogP contribution in [0, 0.1) is 13.8 Å². The third-order valence-electron chi connectivity index (χ3n) is 8.34. The summed E-state index contributed by atoms with van der Waals surface area (Å²) in [6.45, 7) is 9.93. The molecule has 1 aliphatic rings. The zero-order valence-corrected chi connectivity index (χ0v) is 22.6. The number of benzene rings is 2. The summed E-state index contributed by atoms with van der Waals surface area (Å²) in [4.78, 5) is 25.6. The lowest BCUT2D eigenvalue weighted by Crippen LogP contribution is -2.40. The summed E-state index contributed by atoms with van der Waals surface area (Å²) in [6.07, 6.45) is 9.65. The third kappa shape index (κ3) is 5.41. The molecule has 3 rings (SSSR count). The number of amides is 1. The van der Waals surface area contributed by atoms with E-state index in [0.29, 0.717) is 5.56 Å². The lowest BCUT2D eigenvalue weighted by molar-refractivity contribution is -0.141. The molecule has 1 unspecified atom stereocenters. The summed E-state index contributed by atoms with van der Waals surface area (Å²) in [5.41, 5.74) is 5.16. The van der Waals surface area contributed by atoms with Crippen LogP contribution >= 0.6 is 0 Å². The number of rotatable bonds is 9. The fraction of sp³-hybridized carbons (Fsp3) is 0.484. The van der Waals surface area contributed by atoms with E-state index in [1.807, 2.05) is 25.1 Å². The van der Waals surface area contributed by atoms with Crippen LogP contribution in [0.3, 0.4) is 0 Å². The highest BCUT2D eigenvalue weighted by molar-refractivity contribution is 5.97. The van der Waals surface area contributed by atoms with Gasteiger partial charge in [0.15, 0.2) is 0 Å². The molecule has 1 atom stereocenters. The van der Waals surface area contributed by atoms with Gasteiger partial charge in [-0.15, -0.1) is 0 Å². The molecule has 1 saturated carbocycles. The van der Waals surface area contributed by atoms with Gasteiger partial charge in [-0.05, 0) is 80.3 Å². The third-order valence-corrected chi connectivity index (χ3v) is 8.34. The Morgan fingerprint density at radius 1 is 1.03 bits per heavy atom. The number of hydrogen-bond acceptors (Lipinski definition) is 3. The van der Waals surface area contributed by atoms with Crippen LogP contribution in [-0.2, 0) is 10.2 Å². The number of aryl methyl sites for hydroxylation is 2. The van der Waals surface area contributed by atoms with E-state index in [1.165, 1.54) is 30.0 Å². The van der Waals surface area contributed by atoms with E-state index in [2.05, 4.69) is 51.1 Å². The number of carboxylic acid groups (broad SMARTS) is 1. The molecule has 0 radical (unpaired) electrons. The molecule has 36 heavy (non-hydrogen) atoms. The van der Waals surface area contributed by atoms with Crippen LogP contribution in [0.15, 0.2) is 42.5 Å². The average molecular weight is 492 g/mol. The molecule has 2 aromatic carbocycles.